The lowest BCUT2D eigenvalue weighted by Crippen LogP contribution is -2.66. The monoisotopic (exact) mass is 314 g/mol. The molecule has 6 aliphatic rings. The Morgan fingerprint density at radius 2 is 2.17 bits per heavy atom. The largest absolute Gasteiger partial charge is 0.384 e. The molecule has 2 heteroatoms. The van der Waals surface area contributed by atoms with Crippen LogP contribution in [0.15, 0.2) is 24.3 Å². The second-order valence-corrected chi connectivity index (χ2v) is 9.45. The van der Waals surface area contributed by atoms with Gasteiger partial charge in [-0.15, -0.1) is 0 Å². The first-order chi connectivity index (χ1) is 11.0. The summed E-state index contributed by atoms with van der Waals surface area (Å²) in [6.07, 6.45) is 11.9. The molecular formula is C21H30O2. The minimum atomic E-state index is 0.0772. The third kappa shape index (κ3) is 1.54. The van der Waals surface area contributed by atoms with Gasteiger partial charge in [0.1, 0.15) is 0 Å². The van der Waals surface area contributed by atoms with Gasteiger partial charge in [0.2, 0.25) is 0 Å². The highest BCUT2D eigenvalue weighted by atomic mass is 16.6. The van der Waals surface area contributed by atoms with E-state index in [-0.39, 0.29) is 11.0 Å². The van der Waals surface area contributed by atoms with Crippen LogP contribution >= 0.6 is 0 Å². The number of rotatable bonds is 2. The van der Waals surface area contributed by atoms with E-state index in [9.17, 15) is 0 Å². The summed E-state index contributed by atoms with van der Waals surface area (Å²) in [4.78, 5) is 0. The second-order valence-electron chi connectivity index (χ2n) is 9.45. The van der Waals surface area contributed by atoms with Crippen molar-refractivity contribution in [3.05, 3.63) is 24.3 Å². The van der Waals surface area contributed by atoms with Gasteiger partial charge in [0.05, 0.1) is 18.3 Å². The zero-order valence-corrected chi connectivity index (χ0v) is 14.8. The molecule has 1 saturated heterocycles. The SMILES string of the molecule is C=C1CC2C=CC(C3CCCC4(C)CC1C34COC)C1(C)OC21. The van der Waals surface area contributed by atoms with Gasteiger partial charge in [0.25, 0.3) is 0 Å². The van der Waals surface area contributed by atoms with Gasteiger partial charge in [-0.25, -0.2) is 0 Å². The highest BCUT2D eigenvalue weighted by molar-refractivity contribution is 5.33. The van der Waals surface area contributed by atoms with Gasteiger partial charge in [-0.1, -0.05) is 37.6 Å². The zero-order chi connectivity index (χ0) is 16.0. The molecule has 23 heavy (non-hydrogen) atoms. The Hall–Kier alpha value is -0.600. The maximum atomic E-state index is 6.33. The highest BCUT2D eigenvalue weighted by Gasteiger charge is 2.73. The van der Waals surface area contributed by atoms with Crippen molar-refractivity contribution in [3.8, 4) is 0 Å². The topological polar surface area (TPSA) is 21.8 Å². The number of methoxy groups -OCH3 is 1. The summed E-state index contributed by atoms with van der Waals surface area (Å²) < 4.78 is 12.2. The molecule has 4 fully saturated rings. The van der Waals surface area contributed by atoms with Crippen LogP contribution in [0, 0.1) is 34.5 Å². The molecule has 3 saturated carbocycles. The van der Waals surface area contributed by atoms with Gasteiger partial charge in [-0.3, -0.25) is 0 Å². The molecule has 0 aromatic heterocycles. The summed E-state index contributed by atoms with van der Waals surface area (Å²) in [6.45, 7) is 10.4. The van der Waals surface area contributed by atoms with E-state index in [2.05, 4.69) is 32.6 Å². The van der Waals surface area contributed by atoms with Crippen molar-refractivity contribution in [1.82, 2.24) is 0 Å². The van der Waals surface area contributed by atoms with Crippen molar-refractivity contribution in [2.75, 3.05) is 13.7 Å². The third-order valence-corrected chi connectivity index (χ3v) is 8.62. The summed E-state index contributed by atoms with van der Waals surface area (Å²) in [5.74, 6) is 2.45. The first-order valence-corrected chi connectivity index (χ1v) is 9.49. The van der Waals surface area contributed by atoms with E-state index in [0.29, 0.717) is 35.2 Å². The van der Waals surface area contributed by atoms with E-state index in [0.717, 1.165) is 13.0 Å². The van der Waals surface area contributed by atoms with Gasteiger partial charge >= 0.3 is 0 Å². The van der Waals surface area contributed by atoms with E-state index in [4.69, 9.17) is 9.47 Å². The summed E-state index contributed by atoms with van der Waals surface area (Å²) in [6, 6.07) is 0. The predicted octanol–water partition coefficient (Wildman–Crippen LogP) is 4.37. The van der Waals surface area contributed by atoms with Crippen LogP contribution in [0.25, 0.3) is 0 Å². The Bertz CT molecular complexity index is 595. The van der Waals surface area contributed by atoms with Crippen molar-refractivity contribution < 1.29 is 9.47 Å². The molecule has 2 bridgehead atoms. The summed E-state index contributed by atoms with van der Waals surface area (Å²) >= 11 is 0. The molecule has 0 spiro atoms. The molecular weight excluding hydrogens is 284 g/mol. The minimum absolute atomic E-state index is 0.0772. The van der Waals surface area contributed by atoms with Gasteiger partial charge in [-0.05, 0) is 49.9 Å². The number of epoxide rings is 1. The standard InChI is InChI=1S/C21H30O2/c1-13-10-14-7-8-15(20(3)18(14)23-20)16-6-5-9-19(2)11-17(13)21(16,19)12-22-4/h7-8,14-18H,1,5-6,9-12H2,2-4H3. The average molecular weight is 314 g/mol. The molecule has 0 N–H and O–H groups in total. The zero-order valence-electron chi connectivity index (χ0n) is 14.8. The maximum absolute atomic E-state index is 6.33. The second kappa shape index (κ2) is 4.32. The lowest BCUT2D eigenvalue weighted by molar-refractivity contribution is -0.226. The quantitative estimate of drug-likeness (QED) is 0.558. The fraction of sp³-hybridized carbons (Fsp3) is 0.810. The number of hydrogen-bond donors (Lipinski definition) is 0. The van der Waals surface area contributed by atoms with Crippen LogP contribution in [0.5, 0.6) is 0 Å². The van der Waals surface area contributed by atoms with E-state index < -0.39 is 0 Å². The Morgan fingerprint density at radius 1 is 1.35 bits per heavy atom. The lowest BCUT2D eigenvalue weighted by atomic mass is 9.34. The van der Waals surface area contributed by atoms with Crippen LogP contribution < -0.4 is 0 Å². The fourth-order valence-electron chi connectivity index (χ4n) is 7.48. The summed E-state index contributed by atoms with van der Waals surface area (Å²) in [7, 11) is 1.89. The molecule has 0 aromatic rings. The van der Waals surface area contributed by atoms with Gasteiger partial charge < -0.3 is 9.47 Å². The normalized spacial score (nSPS) is 59.3. The molecule has 0 amide bonds. The molecule has 8 unspecified atom stereocenters. The van der Waals surface area contributed by atoms with Crippen LogP contribution in [-0.2, 0) is 9.47 Å². The van der Waals surface area contributed by atoms with Crippen LogP contribution in [0.1, 0.15) is 46.0 Å². The van der Waals surface area contributed by atoms with Gasteiger partial charge in [0, 0.05) is 24.4 Å². The van der Waals surface area contributed by atoms with Crippen molar-refractivity contribution in [1.29, 1.82) is 0 Å². The Balaban J connectivity index is 1.68. The molecule has 5 aliphatic carbocycles. The lowest BCUT2D eigenvalue weighted by Gasteiger charge is -2.70. The molecule has 0 aromatic carbocycles. The minimum Gasteiger partial charge on any atom is -0.384 e. The van der Waals surface area contributed by atoms with E-state index in [1.54, 1.807) is 0 Å². The molecule has 126 valence electrons. The molecule has 1 aliphatic heterocycles. The van der Waals surface area contributed by atoms with Crippen LogP contribution in [0.4, 0.5) is 0 Å². The average Bonchev–Trinajstić information content (AvgIpc) is 3.19. The molecule has 0 radical (unpaired) electrons. The van der Waals surface area contributed by atoms with Gasteiger partial charge in [-0.2, -0.15) is 0 Å². The maximum Gasteiger partial charge on any atom is 0.0991 e. The highest BCUT2D eigenvalue weighted by Crippen LogP contribution is 2.75. The molecule has 2 nitrogen and oxygen atoms in total. The van der Waals surface area contributed by atoms with Crippen LogP contribution in [-0.4, -0.2) is 25.4 Å². The van der Waals surface area contributed by atoms with E-state index >= 15 is 0 Å². The predicted molar refractivity (Wildman–Crippen MR) is 91.0 cm³/mol. The van der Waals surface area contributed by atoms with Crippen LogP contribution in [0.3, 0.4) is 0 Å². The number of ether oxygens (including phenoxy) is 2. The van der Waals surface area contributed by atoms with E-state index in [1.807, 2.05) is 7.11 Å². The van der Waals surface area contributed by atoms with Crippen molar-refractivity contribution in [2.24, 2.45) is 34.5 Å². The van der Waals surface area contributed by atoms with Crippen molar-refractivity contribution >= 4 is 0 Å². The summed E-state index contributed by atoms with van der Waals surface area (Å²) in [5.41, 5.74) is 2.26. The third-order valence-electron chi connectivity index (χ3n) is 8.62. The number of hydrogen-bond acceptors (Lipinski definition) is 2. The Kier molecular flexibility index (Phi) is 2.77. The smallest absolute Gasteiger partial charge is 0.0991 e. The Labute approximate surface area is 140 Å². The first kappa shape index (κ1) is 14.7. The number of allylic oxidation sites excluding steroid dienone is 1. The fourth-order valence-corrected chi connectivity index (χ4v) is 7.48. The first-order valence-electron chi connectivity index (χ1n) is 9.49. The Morgan fingerprint density at radius 3 is 2.96 bits per heavy atom. The van der Waals surface area contributed by atoms with E-state index in [1.165, 1.54) is 31.3 Å². The summed E-state index contributed by atoms with van der Waals surface area (Å²) in [5, 5.41) is 0. The molecule has 1 heterocycles. The molecule has 6 rings (SSSR count). The van der Waals surface area contributed by atoms with Crippen LogP contribution in [0.2, 0.25) is 0 Å². The molecule has 8 atom stereocenters. The van der Waals surface area contributed by atoms with Gasteiger partial charge in [0.15, 0.2) is 0 Å². The number of fused-ring (bicyclic) bond motifs is 1. The van der Waals surface area contributed by atoms with Crippen molar-refractivity contribution in [2.45, 2.75) is 57.7 Å². The van der Waals surface area contributed by atoms with Crippen molar-refractivity contribution in [3.63, 3.8) is 0 Å².